The SMILES string of the molecule is Cc1ccc(OCC(O)CN(Cc2cccs2)CC2CCCO2)cc1. The molecule has 25 heavy (non-hydrogen) atoms. The standard InChI is InChI=1S/C20H27NO3S/c1-16-6-8-18(9-7-16)24-15-17(22)12-21(13-19-4-2-10-23-19)14-20-5-3-11-25-20/h3,5-9,11,17,19,22H,2,4,10,12-15H2,1H3. The molecule has 0 saturated carbocycles. The maximum atomic E-state index is 10.4. The van der Waals surface area contributed by atoms with Gasteiger partial charge in [-0.2, -0.15) is 0 Å². The topological polar surface area (TPSA) is 41.9 Å². The van der Waals surface area contributed by atoms with Gasteiger partial charge in [-0.15, -0.1) is 11.3 Å². The number of aryl methyl sites for hydroxylation is 1. The number of nitrogens with zero attached hydrogens (tertiary/aromatic N) is 1. The molecule has 2 atom stereocenters. The van der Waals surface area contributed by atoms with Crippen molar-refractivity contribution in [1.82, 2.24) is 4.90 Å². The number of thiophene rings is 1. The molecular formula is C20H27NO3S. The number of aliphatic hydroxyl groups is 1. The molecule has 5 heteroatoms. The maximum Gasteiger partial charge on any atom is 0.119 e. The molecule has 2 heterocycles. The lowest BCUT2D eigenvalue weighted by Gasteiger charge is -2.27. The van der Waals surface area contributed by atoms with Crippen LogP contribution in [0.1, 0.15) is 23.3 Å². The van der Waals surface area contributed by atoms with Gasteiger partial charge in [0.15, 0.2) is 0 Å². The zero-order valence-electron chi connectivity index (χ0n) is 14.8. The Balaban J connectivity index is 1.51. The molecular weight excluding hydrogens is 334 g/mol. The molecule has 136 valence electrons. The second-order valence-electron chi connectivity index (χ2n) is 6.69. The molecule has 4 nitrogen and oxygen atoms in total. The van der Waals surface area contributed by atoms with Gasteiger partial charge in [-0.25, -0.2) is 0 Å². The van der Waals surface area contributed by atoms with E-state index in [0.717, 1.165) is 38.3 Å². The van der Waals surface area contributed by atoms with Crippen LogP contribution in [0.15, 0.2) is 41.8 Å². The van der Waals surface area contributed by atoms with Crippen molar-refractivity contribution >= 4 is 11.3 Å². The zero-order chi connectivity index (χ0) is 17.5. The Morgan fingerprint density at radius 2 is 2.16 bits per heavy atom. The van der Waals surface area contributed by atoms with Crippen molar-refractivity contribution in [3.8, 4) is 5.75 Å². The van der Waals surface area contributed by atoms with E-state index in [9.17, 15) is 5.11 Å². The molecule has 1 N–H and O–H groups in total. The highest BCUT2D eigenvalue weighted by molar-refractivity contribution is 7.09. The molecule has 0 amide bonds. The van der Waals surface area contributed by atoms with Crippen LogP contribution in [0.25, 0.3) is 0 Å². The van der Waals surface area contributed by atoms with E-state index in [1.165, 1.54) is 10.4 Å². The highest BCUT2D eigenvalue weighted by Crippen LogP contribution is 2.18. The Hall–Kier alpha value is -1.40. The van der Waals surface area contributed by atoms with Crippen LogP contribution in [0.2, 0.25) is 0 Å². The Morgan fingerprint density at radius 1 is 1.32 bits per heavy atom. The van der Waals surface area contributed by atoms with Gasteiger partial charge in [-0.05, 0) is 43.3 Å². The smallest absolute Gasteiger partial charge is 0.119 e. The number of ether oxygens (including phenoxy) is 2. The molecule has 2 aromatic rings. The summed E-state index contributed by atoms with van der Waals surface area (Å²) in [6.45, 7) is 5.50. The molecule has 1 aromatic heterocycles. The third-order valence-electron chi connectivity index (χ3n) is 4.38. The number of rotatable bonds is 9. The lowest BCUT2D eigenvalue weighted by Crippen LogP contribution is -2.39. The molecule has 1 aromatic carbocycles. The third kappa shape index (κ3) is 6.12. The zero-order valence-corrected chi connectivity index (χ0v) is 15.6. The molecule has 0 spiro atoms. The lowest BCUT2D eigenvalue weighted by atomic mass is 10.2. The summed E-state index contributed by atoms with van der Waals surface area (Å²) < 4.78 is 11.5. The molecule has 2 unspecified atom stereocenters. The summed E-state index contributed by atoms with van der Waals surface area (Å²) in [5.41, 5.74) is 1.20. The summed E-state index contributed by atoms with van der Waals surface area (Å²) >= 11 is 1.75. The van der Waals surface area contributed by atoms with Gasteiger partial charge in [-0.3, -0.25) is 4.90 Å². The van der Waals surface area contributed by atoms with Crippen LogP contribution < -0.4 is 4.74 Å². The Bertz CT molecular complexity index is 608. The number of hydrogen-bond acceptors (Lipinski definition) is 5. The van der Waals surface area contributed by atoms with Gasteiger partial charge in [-0.1, -0.05) is 23.8 Å². The minimum Gasteiger partial charge on any atom is -0.491 e. The van der Waals surface area contributed by atoms with Crippen molar-refractivity contribution in [3.05, 3.63) is 52.2 Å². The Morgan fingerprint density at radius 3 is 2.84 bits per heavy atom. The predicted octanol–water partition coefficient (Wildman–Crippen LogP) is 3.48. The van der Waals surface area contributed by atoms with E-state index in [1.54, 1.807) is 11.3 Å². The summed E-state index contributed by atoms with van der Waals surface area (Å²) in [6, 6.07) is 12.1. The van der Waals surface area contributed by atoms with Crippen LogP contribution in [0.5, 0.6) is 5.75 Å². The largest absolute Gasteiger partial charge is 0.491 e. The highest BCUT2D eigenvalue weighted by atomic mass is 32.1. The van der Waals surface area contributed by atoms with E-state index in [2.05, 4.69) is 22.4 Å². The molecule has 0 radical (unpaired) electrons. The van der Waals surface area contributed by atoms with Crippen LogP contribution in [0.4, 0.5) is 0 Å². The van der Waals surface area contributed by atoms with Crippen LogP contribution in [-0.2, 0) is 11.3 Å². The fraction of sp³-hybridized carbons (Fsp3) is 0.500. The van der Waals surface area contributed by atoms with Crippen molar-refractivity contribution in [3.63, 3.8) is 0 Å². The summed E-state index contributed by atoms with van der Waals surface area (Å²) in [5, 5.41) is 12.5. The minimum absolute atomic E-state index is 0.283. The van der Waals surface area contributed by atoms with Crippen LogP contribution in [0.3, 0.4) is 0 Å². The molecule has 3 rings (SSSR count). The first-order valence-electron chi connectivity index (χ1n) is 8.93. The third-order valence-corrected chi connectivity index (χ3v) is 5.24. The van der Waals surface area contributed by atoms with Crippen molar-refractivity contribution in [2.45, 2.75) is 38.5 Å². The molecule has 0 bridgehead atoms. The van der Waals surface area contributed by atoms with Crippen molar-refractivity contribution in [1.29, 1.82) is 0 Å². The van der Waals surface area contributed by atoms with Crippen molar-refractivity contribution in [2.75, 3.05) is 26.3 Å². The van der Waals surface area contributed by atoms with Gasteiger partial charge < -0.3 is 14.6 Å². The van der Waals surface area contributed by atoms with Crippen LogP contribution >= 0.6 is 11.3 Å². The summed E-state index contributed by atoms with van der Waals surface area (Å²) in [7, 11) is 0. The molecule has 1 aliphatic rings. The summed E-state index contributed by atoms with van der Waals surface area (Å²) in [4.78, 5) is 3.59. The highest BCUT2D eigenvalue weighted by Gasteiger charge is 2.21. The Labute approximate surface area is 154 Å². The van der Waals surface area contributed by atoms with E-state index in [-0.39, 0.29) is 6.10 Å². The number of hydrogen-bond donors (Lipinski definition) is 1. The van der Waals surface area contributed by atoms with E-state index >= 15 is 0 Å². The van der Waals surface area contributed by atoms with E-state index in [0.29, 0.717) is 13.2 Å². The van der Waals surface area contributed by atoms with E-state index in [1.807, 2.05) is 31.2 Å². The predicted molar refractivity (Wildman–Crippen MR) is 101 cm³/mol. The first kappa shape index (κ1) is 18.4. The van der Waals surface area contributed by atoms with Crippen LogP contribution in [-0.4, -0.2) is 48.5 Å². The minimum atomic E-state index is -0.525. The fourth-order valence-corrected chi connectivity index (χ4v) is 3.83. The second kappa shape index (κ2) is 9.34. The van der Waals surface area contributed by atoms with E-state index in [4.69, 9.17) is 9.47 Å². The molecule has 1 saturated heterocycles. The lowest BCUT2D eigenvalue weighted by molar-refractivity contribution is 0.0317. The van der Waals surface area contributed by atoms with E-state index < -0.39 is 6.10 Å². The summed E-state index contributed by atoms with van der Waals surface area (Å²) in [5.74, 6) is 0.800. The Kier molecular flexibility index (Phi) is 6.87. The number of benzene rings is 1. The second-order valence-corrected chi connectivity index (χ2v) is 7.72. The summed E-state index contributed by atoms with van der Waals surface area (Å²) in [6.07, 6.45) is 2.00. The monoisotopic (exact) mass is 361 g/mol. The van der Waals surface area contributed by atoms with Gasteiger partial charge in [0.2, 0.25) is 0 Å². The fourth-order valence-electron chi connectivity index (χ4n) is 3.08. The average Bonchev–Trinajstić information content (AvgIpc) is 3.28. The van der Waals surface area contributed by atoms with Crippen LogP contribution in [0, 0.1) is 6.92 Å². The number of aliphatic hydroxyl groups excluding tert-OH is 1. The molecule has 1 aliphatic heterocycles. The van der Waals surface area contributed by atoms with Gasteiger partial charge >= 0.3 is 0 Å². The normalized spacial score (nSPS) is 18.6. The van der Waals surface area contributed by atoms with Gasteiger partial charge in [0.25, 0.3) is 0 Å². The van der Waals surface area contributed by atoms with Crippen molar-refractivity contribution < 1.29 is 14.6 Å². The van der Waals surface area contributed by atoms with Crippen molar-refractivity contribution in [2.24, 2.45) is 0 Å². The maximum absolute atomic E-state index is 10.4. The quantitative estimate of drug-likeness (QED) is 0.742. The average molecular weight is 362 g/mol. The van der Waals surface area contributed by atoms with Gasteiger partial charge in [0.1, 0.15) is 18.5 Å². The molecule has 0 aliphatic carbocycles. The first-order valence-corrected chi connectivity index (χ1v) is 9.81. The van der Waals surface area contributed by atoms with Gasteiger partial charge in [0.05, 0.1) is 6.10 Å². The first-order chi connectivity index (χ1) is 12.2. The molecule has 1 fully saturated rings. The van der Waals surface area contributed by atoms with Gasteiger partial charge in [0, 0.05) is 31.1 Å².